The predicted molar refractivity (Wildman–Crippen MR) is 68.7 cm³/mol. The molecule has 1 saturated heterocycles. The van der Waals surface area contributed by atoms with E-state index in [9.17, 15) is 13.2 Å². The average Bonchev–Trinajstić information content (AvgIpc) is 2.64. The monoisotopic (exact) mass is 324 g/mol. The van der Waals surface area contributed by atoms with Crippen molar-refractivity contribution >= 4 is 27.7 Å². The van der Waals surface area contributed by atoms with Gasteiger partial charge in [0.1, 0.15) is 0 Å². The summed E-state index contributed by atoms with van der Waals surface area (Å²) in [5.74, 6) is 2.50. The molecular formula is C12H12BrF3S. The van der Waals surface area contributed by atoms with Gasteiger partial charge in [0.05, 0.1) is 5.56 Å². The summed E-state index contributed by atoms with van der Waals surface area (Å²) < 4.78 is 37.6. The Morgan fingerprint density at radius 3 is 2.65 bits per heavy atom. The standard InChI is InChI=1S/C12H12BrF3S/c13-11-7-17-6-9(11)4-8-2-1-3-10(5-8)12(14,15)16/h1-3,5,9,11H,4,6-7H2. The number of rotatable bonds is 2. The van der Waals surface area contributed by atoms with Gasteiger partial charge in [-0.05, 0) is 29.7 Å². The summed E-state index contributed by atoms with van der Waals surface area (Å²) in [5.41, 5.74) is 0.226. The van der Waals surface area contributed by atoms with E-state index in [-0.39, 0.29) is 0 Å². The number of halogens is 4. The van der Waals surface area contributed by atoms with Crippen LogP contribution < -0.4 is 0 Å². The molecule has 5 heteroatoms. The molecule has 1 aliphatic rings. The first-order chi connectivity index (χ1) is 7.97. The summed E-state index contributed by atoms with van der Waals surface area (Å²) in [6.45, 7) is 0. The molecule has 0 radical (unpaired) electrons. The maximum atomic E-state index is 12.5. The maximum absolute atomic E-state index is 12.5. The molecule has 1 heterocycles. The van der Waals surface area contributed by atoms with E-state index < -0.39 is 11.7 Å². The van der Waals surface area contributed by atoms with Crippen molar-refractivity contribution < 1.29 is 13.2 Å². The summed E-state index contributed by atoms with van der Waals surface area (Å²) in [6, 6.07) is 5.66. The van der Waals surface area contributed by atoms with Gasteiger partial charge in [0, 0.05) is 10.6 Å². The molecule has 2 unspecified atom stereocenters. The number of alkyl halides is 4. The third kappa shape index (κ3) is 3.41. The van der Waals surface area contributed by atoms with Crippen molar-refractivity contribution in [1.29, 1.82) is 0 Å². The van der Waals surface area contributed by atoms with Crippen molar-refractivity contribution in [3.63, 3.8) is 0 Å². The highest BCUT2D eigenvalue weighted by Gasteiger charge is 2.31. The second-order valence-electron chi connectivity index (χ2n) is 4.22. The zero-order valence-corrected chi connectivity index (χ0v) is 11.4. The Balaban J connectivity index is 2.11. The minimum absolute atomic E-state index is 0.419. The topological polar surface area (TPSA) is 0 Å². The lowest BCUT2D eigenvalue weighted by molar-refractivity contribution is -0.137. The van der Waals surface area contributed by atoms with Crippen LogP contribution in [0.3, 0.4) is 0 Å². The van der Waals surface area contributed by atoms with Crippen LogP contribution in [-0.2, 0) is 12.6 Å². The molecule has 0 bridgehead atoms. The second kappa shape index (κ2) is 5.22. The molecular weight excluding hydrogens is 313 g/mol. The number of thioether (sulfide) groups is 1. The van der Waals surface area contributed by atoms with E-state index in [1.165, 1.54) is 12.1 Å². The quantitative estimate of drug-likeness (QED) is 0.728. The van der Waals surface area contributed by atoms with E-state index in [1.54, 1.807) is 6.07 Å². The molecule has 0 aromatic heterocycles. The van der Waals surface area contributed by atoms with Gasteiger partial charge in [0.2, 0.25) is 0 Å². The first kappa shape index (κ1) is 13.3. The van der Waals surface area contributed by atoms with Crippen LogP contribution in [0.5, 0.6) is 0 Å². The number of hydrogen-bond acceptors (Lipinski definition) is 1. The molecule has 1 aromatic carbocycles. The number of benzene rings is 1. The normalized spacial score (nSPS) is 25.2. The summed E-state index contributed by atoms with van der Waals surface area (Å²) >= 11 is 5.43. The molecule has 17 heavy (non-hydrogen) atoms. The Bertz CT molecular complexity index is 392. The molecule has 0 saturated carbocycles. The molecule has 1 aromatic rings. The largest absolute Gasteiger partial charge is 0.416 e. The van der Waals surface area contributed by atoms with Crippen molar-refractivity contribution in [2.45, 2.75) is 17.4 Å². The zero-order valence-electron chi connectivity index (χ0n) is 9.01. The third-order valence-corrected chi connectivity index (χ3v) is 5.63. The van der Waals surface area contributed by atoms with Gasteiger partial charge in [0.15, 0.2) is 0 Å². The summed E-state index contributed by atoms with van der Waals surface area (Å²) in [5, 5.41) is 0. The van der Waals surface area contributed by atoms with Crippen LogP contribution in [0.1, 0.15) is 11.1 Å². The van der Waals surface area contributed by atoms with Crippen LogP contribution in [0.4, 0.5) is 13.2 Å². The minimum Gasteiger partial charge on any atom is -0.166 e. The van der Waals surface area contributed by atoms with Gasteiger partial charge in [-0.25, -0.2) is 0 Å². The molecule has 2 rings (SSSR count). The van der Waals surface area contributed by atoms with E-state index in [1.807, 2.05) is 11.8 Å². The summed E-state index contributed by atoms with van der Waals surface area (Å²) in [6.07, 6.45) is -3.53. The van der Waals surface area contributed by atoms with Crippen molar-refractivity contribution in [2.24, 2.45) is 5.92 Å². The van der Waals surface area contributed by atoms with Crippen LogP contribution in [0.15, 0.2) is 24.3 Å². The molecule has 2 atom stereocenters. The molecule has 1 aliphatic heterocycles. The van der Waals surface area contributed by atoms with Crippen LogP contribution in [0.2, 0.25) is 0 Å². The fourth-order valence-corrected chi connectivity index (χ4v) is 4.40. The van der Waals surface area contributed by atoms with E-state index in [2.05, 4.69) is 15.9 Å². The van der Waals surface area contributed by atoms with Gasteiger partial charge in [-0.2, -0.15) is 24.9 Å². The highest BCUT2D eigenvalue weighted by atomic mass is 79.9. The Morgan fingerprint density at radius 1 is 1.29 bits per heavy atom. The lowest BCUT2D eigenvalue weighted by atomic mass is 9.97. The highest BCUT2D eigenvalue weighted by Crippen LogP contribution is 2.34. The van der Waals surface area contributed by atoms with Crippen molar-refractivity contribution in [3.05, 3.63) is 35.4 Å². The van der Waals surface area contributed by atoms with E-state index in [0.717, 1.165) is 23.1 Å². The highest BCUT2D eigenvalue weighted by molar-refractivity contribution is 9.09. The fourth-order valence-electron chi connectivity index (χ4n) is 1.94. The van der Waals surface area contributed by atoms with Crippen molar-refractivity contribution in [1.82, 2.24) is 0 Å². The summed E-state index contributed by atoms with van der Waals surface area (Å²) in [7, 11) is 0. The van der Waals surface area contributed by atoms with E-state index >= 15 is 0 Å². The van der Waals surface area contributed by atoms with Crippen molar-refractivity contribution in [2.75, 3.05) is 11.5 Å². The van der Waals surface area contributed by atoms with Crippen LogP contribution in [-0.4, -0.2) is 16.3 Å². The average molecular weight is 325 g/mol. The second-order valence-corrected chi connectivity index (χ2v) is 6.47. The molecule has 0 aliphatic carbocycles. The van der Waals surface area contributed by atoms with E-state index in [4.69, 9.17) is 0 Å². The molecule has 0 nitrogen and oxygen atoms in total. The van der Waals surface area contributed by atoms with Gasteiger partial charge >= 0.3 is 6.18 Å². The van der Waals surface area contributed by atoms with E-state index in [0.29, 0.717) is 17.2 Å². The van der Waals surface area contributed by atoms with Gasteiger partial charge in [-0.3, -0.25) is 0 Å². The van der Waals surface area contributed by atoms with Crippen LogP contribution in [0.25, 0.3) is 0 Å². The molecule has 94 valence electrons. The zero-order chi connectivity index (χ0) is 12.5. The number of hydrogen-bond donors (Lipinski definition) is 0. The Labute approximate surface area is 111 Å². The van der Waals surface area contributed by atoms with Gasteiger partial charge < -0.3 is 0 Å². The lowest BCUT2D eigenvalue weighted by Crippen LogP contribution is -2.15. The molecule has 0 N–H and O–H groups in total. The lowest BCUT2D eigenvalue weighted by Gasteiger charge is -2.14. The Kier molecular flexibility index (Phi) is 4.08. The molecule has 0 amide bonds. The third-order valence-electron chi connectivity index (χ3n) is 2.87. The predicted octanol–water partition coefficient (Wildman–Crippen LogP) is 4.37. The van der Waals surface area contributed by atoms with Crippen LogP contribution in [0, 0.1) is 5.92 Å². The van der Waals surface area contributed by atoms with Gasteiger partial charge in [-0.15, -0.1) is 0 Å². The first-order valence-electron chi connectivity index (χ1n) is 5.35. The van der Waals surface area contributed by atoms with Gasteiger partial charge in [0.25, 0.3) is 0 Å². The minimum atomic E-state index is -4.24. The Morgan fingerprint density at radius 2 is 2.06 bits per heavy atom. The van der Waals surface area contributed by atoms with Crippen molar-refractivity contribution in [3.8, 4) is 0 Å². The Hall–Kier alpha value is -0.160. The van der Waals surface area contributed by atoms with Crippen LogP contribution >= 0.6 is 27.7 Å². The molecule has 1 fully saturated rings. The maximum Gasteiger partial charge on any atom is 0.416 e. The molecule has 0 spiro atoms. The first-order valence-corrected chi connectivity index (χ1v) is 7.42. The fraction of sp³-hybridized carbons (Fsp3) is 0.500. The smallest absolute Gasteiger partial charge is 0.166 e. The SMILES string of the molecule is FC(F)(F)c1cccc(CC2CSCC2Br)c1. The summed E-state index contributed by atoms with van der Waals surface area (Å²) in [4.78, 5) is 0.419. The van der Waals surface area contributed by atoms with Gasteiger partial charge in [-0.1, -0.05) is 34.1 Å².